The zero-order chi connectivity index (χ0) is 10.7. The van der Waals surface area contributed by atoms with Gasteiger partial charge in [-0.15, -0.1) is 0 Å². The average Bonchev–Trinajstić information content (AvgIpc) is 1.81. The smallest absolute Gasteiger partial charge is 0.405 e. The van der Waals surface area contributed by atoms with Crippen molar-refractivity contribution in [3.8, 4) is 0 Å². The van der Waals surface area contributed by atoms with Crippen LogP contribution in [0, 0.1) is 0 Å². The molecule has 0 aliphatic carbocycles. The van der Waals surface area contributed by atoms with Gasteiger partial charge in [-0.1, -0.05) is 0 Å². The second-order valence-electron chi connectivity index (χ2n) is 4.24. The standard InChI is InChI=1S/C8H18N2O3/c1-7(2,12-6(9)11)5-8(3,4)13-10/h5,10H2,1-4H3,(H2,9,11). The second-order valence-corrected chi connectivity index (χ2v) is 4.24. The molecule has 0 saturated carbocycles. The molecule has 5 heteroatoms. The zero-order valence-corrected chi connectivity index (χ0v) is 8.59. The van der Waals surface area contributed by atoms with Crippen LogP contribution in [0.3, 0.4) is 0 Å². The lowest BCUT2D eigenvalue weighted by atomic mass is 9.92. The van der Waals surface area contributed by atoms with Gasteiger partial charge in [0.15, 0.2) is 0 Å². The van der Waals surface area contributed by atoms with Crippen molar-refractivity contribution in [1.29, 1.82) is 0 Å². The Hall–Kier alpha value is -0.810. The van der Waals surface area contributed by atoms with Gasteiger partial charge in [0.25, 0.3) is 0 Å². The van der Waals surface area contributed by atoms with Crippen LogP contribution in [-0.2, 0) is 9.57 Å². The number of amides is 1. The summed E-state index contributed by atoms with van der Waals surface area (Å²) in [6, 6.07) is 0. The minimum Gasteiger partial charge on any atom is -0.444 e. The predicted molar refractivity (Wildman–Crippen MR) is 48.7 cm³/mol. The molecule has 0 fully saturated rings. The number of hydrogen-bond donors (Lipinski definition) is 2. The minimum atomic E-state index is -0.794. The number of hydrogen-bond acceptors (Lipinski definition) is 4. The van der Waals surface area contributed by atoms with E-state index in [0.29, 0.717) is 6.42 Å². The summed E-state index contributed by atoms with van der Waals surface area (Å²) in [6.45, 7) is 7.11. The van der Waals surface area contributed by atoms with Crippen LogP contribution in [0.4, 0.5) is 4.79 Å². The molecule has 0 aromatic carbocycles. The van der Waals surface area contributed by atoms with E-state index in [1.807, 2.05) is 0 Å². The highest BCUT2D eigenvalue weighted by molar-refractivity contribution is 5.65. The normalized spacial score (nSPS) is 12.7. The lowest BCUT2D eigenvalue weighted by molar-refractivity contribution is -0.0769. The topological polar surface area (TPSA) is 87.6 Å². The maximum atomic E-state index is 10.5. The Kier molecular flexibility index (Phi) is 3.69. The van der Waals surface area contributed by atoms with Crippen molar-refractivity contribution in [2.45, 2.75) is 45.3 Å². The monoisotopic (exact) mass is 190 g/mol. The number of nitrogens with two attached hydrogens (primary N) is 2. The van der Waals surface area contributed by atoms with Crippen molar-refractivity contribution in [3.05, 3.63) is 0 Å². The quantitative estimate of drug-likeness (QED) is 0.645. The summed E-state index contributed by atoms with van der Waals surface area (Å²) < 4.78 is 4.88. The molecule has 0 spiro atoms. The lowest BCUT2D eigenvalue weighted by Gasteiger charge is -2.32. The van der Waals surface area contributed by atoms with Crippen LogP contribution in [0.25, 0.3) is 0 Å². The van der Waals surface area contributed by atoms with E-state index in [2.05, 4.69) is 0 Å². The maximum absolute atomic E-state index is 10.5. The number of primary amides is 1. The van der Waals surface area contributed by atoms with Crippen molar-refractivity contribution in [2.75, 3.05) is 0 Å². The summed E-state index contributed by atoms with van der Waals surface area (Å²) in [5.41, 5.74) is 3.69. The van der Waals surface area contributed by atoms with E-state index in [9.17, 15) is 4.79 Å². The molecule has 0 bridgehead atoms. The van der Waals surface area contributed by atoms with Crippen LogP contribution in [0.15, 0.2) is 0 Å². The Morgan fingerprint density at radius 1 is 1.23 bits per heavy atom. The van der Waals surface area contributed by atoms with Crippen molar-refractivity contribution in [1.82, 2.24) is 0 Å². The molecule has 13 heavy (non-hydrogen) atoms. The highest BCUT2D eigenvalue weighted by Crippen LogP contribution is 2.24. The highest BCUT2D eigenvalue weighted by atomic mass is 16.6. The van der Waals surface area contributed by atoms with Gasteiger partial charge in [0.05, 0.1) is 5.60 Å². The molecule has 1 amide bonds. The molecule has 0 saturated heterocycles. The second kappa shape index (κ2) is 3.93. The van der Waals surface area contributed by atoms with Gasteiger partial charge in [-0.2, -0.15) is 0 Å². The fraction of sp³-hybridized carbons (Fsp3) is 0.875. The molecule has 0 heterocycles. The predicted octanol–water partition coefficient (Wildman–Crippen LogP) is 0.919. The van der Waals surface area contributed by atoms with Crippen molar-refractivity contribution in [2.24, 2.45) is 11.6 Å². The molecule has 0 aromatic rings. The van der Waals surface area contributed by atoms with Gasteiger partial charge >= 0.3 is 6.09 Å². The fourth-order valence-electron chi connectivity index (χ4n) is 1.38. The third-order valence-electron chi connectivity index (χ3n) is 1.55. The summed E-state index contributed by atoms with van der Waals surface area (Å²) in [7, 11) is 0. The van der Waals surface area contributed by atoms with Gasteiger partial charge in [0, 0.05) is 6.42 Å². The summed E-state index contributed by atoms with van der Waals surface area (Å²) in [4.78, 5) is 15.2. The molecule has 78 valence electrons. The Bertz CT molecular complexity index is 190. The molecule has 4 N–H and O–H groups in total. The molecule has 0 radical (unpaired) electrons. The fourth-order valence-corrected chi connectivity index (χ4v) is 1.38. The van der Waals surface area contributed by atoms with Crippen molar-refractivity contribution < 1.29 is 14.4 Å². The van der Waals surface area contributed by atoms with Crippen LogP contribution in [0.1, 0.15) is 34.1 Å². The Balaban J connectivity index is 4.24. The first kappa shape index (κ1) is 12.2. The maximum Gasteiger partial charge on any atom is 0.405 e. The van der Waals surface area contributed by atoms with Gasteiger partial charge in [0.2, 0.25) is 0 Å². The third-order valence-corrected chi connectivity index (χ3v) is 1.55. The van der Waals surface area contributed by atoms with Crippen LogP contribution in [-0.4, -0.2) is 17.3 Å². The van der Waals surface area contributed by atoms with Crippen LogP contribution in [0.2, 0.25) is 0 Å². The number of rotatable bonds is 4. The molecule has 0 unspecified atom stereocenters. The molecule has 5 nitrogen and oxygen atoms in total. The van der Waals surface area contributed by atoms with E-state index in [4.69, 9.17) is 21.2 Å². The van der Waals surface area contributed by atoms with Gasteiger partial charge in [-0.05, 0) is 27.7 Å². The van der Waals surface area contributed by atoms with Gasteiger partial charge in [0.1, 0.15) is 5.60 Å². The van der Waals surface area contributed by atoms with Gasteiger partial charge in [-0.3, -0.25) is 4.84 Å². The van der Waals surface area contributed by atoms with Crippen molar-refractivity contribution >= 4 is 6.09 Å². The Morgan fingerprint density at radius 2 is 1.69 bits per heavy atom. The van der Waals surface area contributed by atoms with Crippen LogP contribution >= 0.6 is 0 Å². The minimum absolute atomic E-state index is 0.472. The summed E-state index contributed by atoms with van der Waals surface area (Å²) in [6.07, 6.45) is -0.322. The summed E-state index contributed by atoms with van der Waals surface area (Å²) in [5, 5.41) is 0. The molecule has 0 rings (SSSR count). The van der Waals surface area contributed by atoms with E-state index in [1.165, 1.54) is 0 Å². The van der Waals surface area contributed by atoms with E-state index in [0.717, 1.165) is 0 Å². The Labute approximate surface area is 78.3 Å². The van der Waals surface area contributed by atoms with Crippen LogP contribution < -0.4 is 11.6 Å². The largest absolute Gasteiger partial charge is 0.444 e. The Morgan fingerprint density at radius 3 is 2.00 bits per heavy atom. The van der Waals surface area contributed by atoms with E-state index >= 15 is 0 Å². The number of carbonyl (C=O) groups excluding carboxylic acids is 1. The van der Waals surface area contributed by atoms with E-state index < -0.39 is 17.3 Å². The lowest BCUT2D eigenvalue weighted by Crippen LogP contribution is -2.41. The SMILES string of the molecule is CC(C)(CC(C)(C)OC(N)=O)ON. The van der Waals surface area contributed by atoms with E-state index in [-0.39, 0.29) is 0 Å². The van der Waals surface area contributed by atoms with Crippen LogP contribution in [0.5, 0.6) is 0 Å². The first-order chi connectivity index (χ1) is 5.68. The zero-order valence-electron chi connectivity index (χ0n) is 8.59. The van der Waals surface area contributed by atoms with Gasteiger partial charge < -0.3 is 10.5 Å². The number of ether oxygens (including phenoxy) is 1. The van der Waals surface area contributed by atoms with Crippen molar-refractivity contribution in [3.63, 3.8) is 0 Å². The molecule has 0 atom stereocenters. The first-order valence-corrected chi connectivity index (χ1v) is 4.05. The third kappa shape index (κ3) is 5.43. The number of carbonyl (C=O) groups is 1. The molecule has 0 aliphatic heterocycles. The van der Waals surface area contributed by atoms with Gasteiger partial charge in [-0.25, -0.2) is 10.7 Å². The summed E-state index contributed by atoms with van der Waals surface area (Å²) >= 11 is 0. The highest BCUT2D eigenvalue weighted by Gasteiger charge is 2.31. The molecule has 0 aromatic heterocycles. The first-order valence-electron chi connectivity index (χ1n) is 4.05. The molecule has 0 aliphatic rings. The molecular formula is C8H18N2O3. The van der Waals surface area contributed by atoms with E-state index in [1.54, 1.807) is 27.7 Å². The average molecular weight is 190 g/mol. The summed E-state index contributed by atoms with van der Waals surface area (Å²) in [5.74, 6) is 5.07. The molecular weight excluding hydrogens is 172 g/mol.